The molecule has 0 saturated carbocycles. The van der Waals surface area contributed by atoms with Crippen LogP contribution in [0, 0.1) is 0 Å². The first-order valence-electron chi connectivity index (χ1n) is 4.25. The lowest BCUT2D eigenvalue weighted by molar-refractivity contribution is -0.140. The number of carbonyl (C=O) groups is 2. The lowest BCUT2D eigenvalue weighted by Gasteiger charge is -2.12. The molecule has 6 nitrogen and oxygen atoms in total. The zero-order valence-electron chi connectivity index (χ0n) is 8.02. The predicted molar refractivity (Wildman–Crippen MR) is 48.2 cm³/mol. The zero-order valence-corrected chi connectivity index (χ0v) is 8.02. The van der Waals surface area contributed by atoms with E-state index in [0.29, 0.717) is 19.4 Å². The second-order valence-electron chi connectivity index (χ2n) is 2.80. The maximum absolute atomic E-state index is 10.6. The van der Waals surface area contributed by atoms with Gasteiger partial charge in [-0.25, -0.2) is 0 Å². The summed E-state index contributed by atoms with van der Waals surface area (Å²) < 4.78 is 4.76. The van der Waals surface area contributed by atoms with E-state index in [0.717, 1.165) is 0 Å². The third-order valence-electron chi connectivity index (χ3n) is 1.64. The maximum atomic E-state index is 10.6. The molecule has 0 fully saturated rings. The summed E-state index contributed by atoms with van der Waals surface area (Å²) in [6.45, 7) is 0.127. The zero-order chi connectivity index (χ0) is 11.0. The van der Waals surface area contributed by atoms with Crippen LogP contribution in [0.2, 0.25) is 0 Å². The van der Waals surface area contributed by atoms with Crippen molar-refractivity contribution in [2.24, 2.45) is 0 Å². The van der Waals surface area contributed by atoms with Crippen LogP contribution in [0.5, 0.6) is 0 Å². The number of hydrogen-bond acceptors (Lipinski definition) is 4. The first-order valence-corrected chi connectivity index (χ1v) is 4.25. The molecule has 1 atom stereocenters. The fourth-order valence-electron chi connectivity index (χ4n) is 0.955. The van der Waals surface area contributed by atoms with Gasteiger partial charge in [-0.2, -0.15) is 0 Å². The van der Waals surface area contributed by atoms with Crippen molar-refractivity contribution in [1.29, 1.82) is 0 Å². The number of nitrogens with one attached hydrogen (secondary N) is 1. The Hall–Kier alpha value is -1.14. The number of rotatable bonds is 8. The van der Waals surface area contributed by atoms with Crippen molar-refractivity contribution in [3.63, 3.8) is 0 Å². The summed E-state index contributed by atoms with van der Waals surface area (Å²) in [6, 6.07) is -0.818. The Morgan fingerprint density at radius 2 is 2.07 bits per heavy atom. The Morgan fingerprint density at radius 3 is 2.50 bits per heavy atom. The first kappa shape index (κ1) is 12.9. The van der Waals surface area contributed by atoms with Gasteiger partial charge in [0.1, 0.15) is 6.04 Å². The van der Waals surface area contributed by atoms with Gasteiger partial charge >= 0.3 is 11.9 Å². The number of aliphatic carboxylic acids is 2. The minimum atomic E-state index is -1.07. The van der Waals surface area contributed by atoms with E-state index in [1.165, 1.54) is 7.11 Å². The molecular formula is C8H15NO5. The molecule has 0 aliphatic heterocycles. The monoisotopic (exact) mass is 205 g/mol. The smallest absolute Gasteiger partial charge is 0.320 e. The van der Waals surface area contributed by atoms with Crippen molar-refractivity contribution in [3.8, 4) is 0 Å². The molecule has 0 amide bonds. The molecule has 0 aliphatic rings. The molecule has 0 spiro atoms. The fourth-order valence-corrected chi connectivity index (χ4v) is 0.955. The quantitative estimate of drug-likeness (QED) is 0.464. The summed E-state index contributed by atoms with van der Waals surface area (Å²) in [4.78, 5) is 20.8. The van der Waals surface area contributed by atoms with Gasteiger partial charge in [0, 0.05) is 13.7 Å². The van der Waals surface area contributed by atoms with E-state index in [4.69, 9.17) is 14.9 Å². The van der Waals surface area contributed by atoms with E-state index in [-0.39, 0.29) is 6.54 Å². The van der Waals surface area contributed by atoms with Crippen molar-refractivity contribution in [2.45, 2.75) is 18.9 Å². The van der Waals surface area contributed by atoms with Crippen LogP contribution in [0.15, 0.2) is 0 Å². The van der Waals surface area contributed by atoms with E-state index in [1.807, 2.05) is 0 Å². The summed E-state index contributed by atoms with van der Waals surface area (Å²) in [5.74, 6) is -2.11. The Balaban J connectivity index is 3.78. The lowest BCUT2D eigenvalue weighted by atomic mass is 10.1. The maximum Gasteiger partial charge on any atom is 0.320 e. The SMILES string of the molecule is COCCCC(NCC(=O)O)C(=O)O. The number of methoxy groups -OCH3 is 1. The number of hydrogen-bond donors (Lipinski definition) is 3. The van der Waals surface area contributed by atoms with Crippen LogP contribution in [-0.4, -0.2) is 48.5 Å². The van der Waals surface area contributed by atoms with Gasteiger partial charge in [0.05, 0.1) is 6.54 Å². The van der Waals surface area contributed by atoms with Crippen LogP contribution < -0.4 is 5.32 Å². The molecule has 0 bridgehead atoms. The third-order valence-corrected chi connectivity index (χ3v) is 1.64. The Bertz CT molecular complexity index is 194. The highest BCUT2D eigenvalue weighted by Crippen LogP contribution is 1.97. The molecule has 0 heterocycles. The third kappa shape index (κ3) is 6.38. The lowest BCUT2D eigenvalue weighted by Crippen LogP contribution is -2.39. The van der Waals surface area contributed by atoms with Gasteiger partial charge < -0.3 is 14.9 Å². The van der Waals surface area contributed by atoms with Gasteiger partial charge in [-0.1, -0.05) is 0 Å². The summed E-state index contributed by atoms with van der Waals surface area (Å²) >= 11 is 0. The molecular weight excluding hydrogens is 190 g/mol. The van der Waals surface area contributed by atoms with Crippen molar-refractivity contribution < 1.29 is 24.5 Å². The summed E-state index contributed by atoms with van der Waals surface area (Å²) in [5.41, 5.74) is 0. The molecule has 0 aromatic carbocycles. The van der Waals surface area contributed by atoms with Gasteiger partial charge in [0.15, 0.2) is 0 Å². The second kappa shape index (κ2) is 7.28. The molecule has 0 aromatic heterocycles. The molecule has 1 unspecified atom stereocenters. The van der Waals surface area contributed by atoms with Gasteiger partial charge in [0.25, 0.3) is 0 Å². The predicted octanol–water partition coefficient (Wildman–Crippen LogP) is -0.460. The molecule has 0 radical (unpaired) electrons. The Kier molecular flexibility index (Phi) is 6.69. The molecule has 82 valence electrons. The molecule has 0 aromatic rings. The largest absolute Gasteiger partial charge is 0.480 e. The number of carboxylic acid groups (broad SMARTS) is 2. The average Bonchev–Trinajstić information content (AvgIpc) is 2.10. The highest BCUT2D eigenvalue weighted by atomic mass is 16.5. The molecule has 3 N–H and O–H groups in total. The standard InChI is InChI=1S/C8H15NO5/c1-14-4-2-3-6(8(12)13)9-5-7(10)11/h6,9H,2-5H2,1H3,(H,10,11)(H,12,13). The molecule has 0 aliphatic carbocycles. The summed E-state index contributed by atoms with van der Waals surface area (Å²) in [6.07, 6.45) is 0.941. The van der Waals surface area contributed by atoms with E-state index in [9.17, 15) is 9.59 Å². The van der Waals surface area contributed by atoms with Gasteiger partial charge in [0.2, 0.25) is 0 Å². The minimum Gasteiger partial charge on any atom is -0.480 e. The molecule has 0 rings (SSSR count). The van der Waals surface area contributed by atoms with Crippen LogP contribution in [0.3, 0.4) is 0 Å². The van der Waals surface area contributed by atoms with E-state index in [1.54, 1.807) is 0 Å². The Labute approximate surface area is 81.9 Å². The number of carboxylic acids is 2. The van der Waals surface area contributed by atoms with Crippen molar-refractivity contribution in [2.75, 3.05) is 20.3 Å². The summed E-state index contributed by atoms with van der Waals surface area (Å²) in [5, 5.41) is 19.4. The molecule has 0 saturated heterocycles. The molecule has 14 heavy (non-hydrogen) atoms. The normalized spacial score (nSPS) is 12.4. The fraction of sp³-hybridized carbons (Fsp3) is 0.750. The van der Waals surface area contributed by atoms with Crippen LogP contribution in [0.1, 0.15) is 12.8 Å². The van der Waals surface area contributed by atoms with Crippen LogP contribution in [-0.2, 0) is 14.3 Å². The van der Waals surface area contributed by atoms with Crippen LogP contribution in [0.25, 0.3) is 0 Å². The van der Waals surface area contributed by atoms with Crippen LogP contribution >= 0.6 is 0 Å². The van der Waals surface area contributed by atoms with Crippen molar-refractivity contribution in [3.05, 3.63) is 0 Å². The van der Waals surface area contributed by atoms with Crippen molar-refractivity contribution >= 4 is 11.9 Å². The van der Waals surface area contributed by atoms with E-state index in [2.05, 4.69) is 5.32 Å². The second-order valence-corrected chi connectivity index (χ2v) is 2.80. The first-order chi connectivity index (χ1) is 6.57. The topological polar surface area (TPSA) is 95.9 Å². The van der Waals surface area contributed by atoms with Crippen molar-refractivity contribution in [1.82, 2.24) is 5.32 Å². The highest BCUT2D eigenvalue weighted by molar-refractivity contribution is 5.75. The van der Waals surface area contributed by atoms with Gasteiger partial charge in [-0.3, -0.25) is 14.9 Å². The van der Waals surface area contributed by atoms with E-state index < -0.39 is 18.0 Å². The summed E-state index contributed by atoms with van der Waals surface area (Å²) in [7, 11) is 1.53. The minimum absolute atomic E-state index is 0.343. The van der Waals surface area contributed by atoms with Gasteiger partial charge in [-0.05, 0) is 12.8 Å². The van der Waals surface area contributed by atoms with Gasteiger partial charge in [-0.15, -0.1) is 0 Å². The average molecular weight is 205 g/mol. The Morgan fingerprint density at radius 1 is 1.43 bits per heavy atom. The molecule has 6 heteroatoms. The van der Waals surface area contributed by atoms with Crippen LogP contribution in [0.4, 0.5) is 0 Å². The van der Waals surface area contributed by atoms with E-state index >= 15 is 0 Å². The number of ether oxygens (including phenoxy) is 1. The highest BCUT2D eigenvalue weighted by Gasteiger charge is 2.16.